The van der Waals surface area contributed by atoms with Gasteiger partial charge in [-0.3, -0.25) is 0 Å². The minimum Gasteiger partial charge on any atom is -0.393 e. The van der Waals surface area contributed by atoms with E-state index in [-0.39, 0.29) is 5.92 Å². The van der Waals surface area contributed by atoms with Gasteiger partial charge in [-0.25, -0.2) is 4.21 Å². The van der Waals surface area contributed by atoms with E-state index in [1.54, 1.807) is 6.92 Å². The van der Waals surface area contributed by atoms with Crippen LogP contribution in [0.5, 0.6) is 0 Å². The molecule has 0 saturated heterocycles. The van der Waals surface area contributed by atoms with Crippen LogP contribution in [0.15, 0.2) is 40.1 Å². The second-order valence-corrected chi connectivity index (χ2v) is 7.13. The molecule has 1 N–H and O–H groups in total. The fraction of sp³-hybridized carbons (Fsp3) is 0.529. The molecular weight excluding hydrogens is 268 g/mol. The molecule has 0 unspecified atom stereocenters. The number of rotatable bonds is 6. The highest BCUT2D eigenvalue weighted by Gasteiger charge is 2.24. The van der Waals surface area contributed by atoms with Gasteiger partial charge in [0.2, 0.25) is 0 Å². The van der Waals surface area contributed by atoms with Crippen LogP contribution >= 0.6 is 0 Å². The van der Waals surface area contributed by atoms with Crippen molar-refractivity contribution in [1.29, 1.82) is 0 Å². The summed E-state index contributed by atoms with van der Waals surface area (Å²) in [6, 6.07) is 7.77. The molecule has 0 spiro atoms. The third-order valence-corrected chi connectivity index (χ3v) is 4.90. The van der Waals surface area contributed by atoms with E-state index in [1.807, 2.05) is 44.2 Å². The summed E-state index contributed by atoms with van der Waals surface area (Å²) in [6.45, 7) is 9.96. The summed E-state index contributed by atoms with van der Waals surface area (Å²) in [5.74, 6) is 0.256. The van der Waals surface area contributed by atoms with E-state index < -0.39 is 16.9 Å². The standard InChI is InChI=1S/C17H26O2S/c1-6-16(14(5)18)17(11-12(2)3)20(19)15-9-7-13(4)8-10-15/h7-12,14,16,18H,6H2,1-5H3/b17-11+/t14-,16-,20-/m0/s1. The van der Waals surface area contributed by atoms with E-state index in [0.29, 0.717) is 5.92 Å². The molecule has 1 rings (SSSR count). The van der Waals surface area contributed by atoms with Gasteiger partial charge in [-0.15, -0.1) is 0 Å². The lowest BCUT2D eigenvalue weighted by Crippen LogP contribution is -2.21. The Morgan fingerprint density at radius 2 is 1.80 bits per heavy atom. The van der Waals surface area contributed by atoms with Crippen LogP contribution in [0.25, 0.3) is 0 Å². The first-order valence-electron chi connectivity index (χ1n) is 7.25. The number of hydrogen-bond acceptors (Lipinski definition) is 2. The number of aliphatic hydroxyl groups is 1. The number of aliphatic hydroxyl groups excluding tert-OH is 1. The molecule has 0 saturated carbocycles. The highest BCUT2D eigenvalue weighted by atomic mass is 32.2. The van der Waals surface area contributed by atoms with Crippen molar-refractivity contribution in [3.63, 3.8) is 0 Å². The SMILES string of the molecule is CC[C@H](/C(=C\C(C)C)[S@@](=O)c1ccc(C)cc1)[C@H](C)O. The Balaban J connectivity index is 3.17. The predicted molar refractivity (Wildman–Crippen MR) is 86.0 cm³/mol. The molecule has 0 aromatic heterocycles. The molecule has 1 aromatic carbocycles. The van der Waals surface area contributed by atoms with Gasteiger partial charge in [-0.05, 0) is 38.3 Å². The van der Waals surface area contributed by atoms with Gasteiger partial charge in [-0.2, -0.15) is 0 Å². The minimum absolute atomic E-state index is 0.0560. The van der Waals surface area contributed by atoms with E-state index in [9.17, 15) is 9.32 Å². The van der Waals surface area contributed by atoms with Crippen LogP contribution in [-0.4, -0.2) is 15.4 Å². The number of allylic oxidation sites excluding steroid dienone is 1. The van der Waals surface area contributed by atoms with Crippen LogP contribution in [0, 0.1) is 18.8 Å². The maximum atomic E-state index is 12.8. The molecule has 0 amide bonds. The van der Waals surface area contributed by atoms with E-state index in [1.165, 1.54) is 0 Å². The van der Waals surface area contributed by atoms with Gasteiger partial charge in [0, 0.05) is 15.7 Å². The Morgan fingerprint density at radius 1 is 1.25 bits per heavy atom. The Hall–Kier alpha value is -0.930. The van der Waals surface area contributed by atoms with Crippen LogP contribution in [0.2, 0.25) is 0 Å². The zero-order chi connectivity index (χ0) is 15.3. The normalized spacial score (nSPS) is 17.1. The predicted octanol–water partition coefficient (Wildman–Crippen LogP) is 4.05. The average Bonchev–Trinajstić information content (AvgIpc) is 2.37. The zero-order valence-corrected chi connectivity index (χ0v) is 13.9. The highest BCUT2D eigenvalue weighted by Crippen LogP contribution is 2.28. The first kappa shape index (κ1) is 17.1. The van der Waals surface area contributed by atoms with Gasteiger partial charge in [0.15, 0.2) is 0 Å². The summed E-state index contributed by atoms with van der Waals surface area (Å²) in [4.78, 5) is 1.66. The van der Waals surface area contributed by atoms with Crippen molar-refractivity contribution in [3.8, 4) is 0 Å². The van der Waals surface area contributed by atoms with Crippen molar-refractivity contribution in [2.24, 2.45) is 11.8 Å². The molecule has 1 aromatic rings. The van der Waals surface area contributed by atoms with E-state index in [2.05, 4.69) is 13.8 Å². The fourth-order valence-electron chi connectivity index (χ4n) is 2.23. The second-order valence-electron chi connectivity index (χ2n) is 5.65. The summed E-state index contributed by atoms with van der Waals surface area (Å²) in [5, 5.41) is 9.96. The number of aryl methyl sites for hydroxylation is 1. The third-order valence-electron chi connectivity index (χ3n) is 3.33. The Bertz CT molecular complexity index is 472. The van der Waals surface area contributed by atoms with Crippen molar-refractivity contribution >= 4 is 10.8 Å². The molecule has 0 aliphatic heterocycles. The van der Waals surface area contributed by atoms with E-state index in [4.69, 9.17) is 0 Å². The van der Waals surface area contributed by atoms with Gasteiger partial charge in [0.05, 0.1) is 16.9 Å². The Morgan fingerprint density at radius 3 is 2.20 bits per heavy atom. The second kappa shape index (κ2) is 7.75. The first-order valence-corrected chi connectivity index (χ1v) is 8.40. The van der Waals surface area contributed by atoms with Gasteiger partial charge >= 0.3 is 0 Å². The van der Waals surface area contributed by atoms with Crippen molar-refractivity contribution in [2.45, 2.75) is 52.0 Å². The molecule has 0 radical (unpaired) electrons. The van der Waals surface area contributed by atoms with Crippen LogP contribution < -0.4 is 0 Å². The van der Waals surface area contributed by atoms with Gasteiger partial charge in [0.1, 0.15) is 0 Å². The Kier molecular flexibility index (Phi) is 6.63. The fourth-order valence-corrected chi connectivity index (χ4v) is 3.92. The molecule has 20 heavy (non-hydrogen) atoms. The lowest BCUT2D eigenvalue weighted by Gasteiger charge is -2.22. The van der Waals surface area contributed by atoms with E-state index in [0.717, 1.165) is 21.8 Å². The monoisotopic (exact) mass is 294 g/mol. The number of hydrogen-bond donors (Lipinski definition) is 1. The van der Waals surface area contributed by atoms with Gasteiger partial charge < -0.3 is 5.11 Å². The molecule has 112 valence electrons. The van der Waals surface area contributed by atoms with Crippen LogP contribution in [-0.2, 0) is 10.8 Å². The van der Waals surface area contributed by atoms with Crippen molar-refractivity contribution in [2.75, 3.05) is 0 Å². The largest absolute Gasteiger partial charge is 0.393 e. The summed E-state index contributed by atoms with van der Waals surface area (Å²) in [7, 11) is -1.20. The van der Waals surface area contributed by atoms with E-state index >= 15 is 0 Å². The molecule has 0 fully saturated rings. The third kappa shape index (κ3) is 4.57. The maximum absolute atomic E-state index is 12.8. The lowest BCUT2D eigenvalue weighted by molar-refractivity contribution is 0.144. The summed E-state index contributed by atoms with van der Waals surface area (Å²) >= 11 is 0. The average molecular weight is 294 g/mol. The molecular formula is C17H26O2S. The Labute approximate surface area is 125 Å². The lowest BCUT2D eigenvalue weighted by atomic mass is 9.98. The number of benzene rings is 1. The molecule has 0 aliphatic carbocycles. The molecule has 3 atom stereocenters. The summed E-state index contributed by atoms with van der Waals surface area (Å²) < 4.78 is 12.8. The van der Waals surface area contributed by atoms with Crippen molar-refractivity contribution in [3.05, 3.63) is 40.8 Å². The van der Waals surface area contributed by atoms with Crippen molar-refractivity contribution < 1.29 is 9.32 Å². The molecule has 0 aliphatic rings. The topological polar surface area (TPSA) is 37.3 Å². The van der Waals surface area contributed by atoms with Crippen LogP contribution in [0.1, 0.15) is 39.7 Å². The molecule has 3 heteroatoms. The molecule has 2 nitrogen and oxygen atoms in total. The maximum Gasteiger partial charge on any atom is 0.0809 e. The van der Waals surface area contributed by atoms with Crippen LogP contribution in [0.3, 0.4) is 0 Å². The molecule has 0 bridgehead atoms. The van der Waals surface area contributed by atoms with Crippen LogP contribution in [0.4, 0.5) is 0 Å². The quantitative estimate of drug-likeness (QED) is 0.859. The first-order chi connectivity index (χ1) is 9.36. The summed E-state index contributed by atoms with van der Waals surface area (Å²) in [6.07, 6.45) is 2.34. The minimum atomic E-state index is -1.20. The van der Waals surface area contributed by atoms with Gasteiger partial charge in [-0.1, -0.05) is 44.5 Å². The summed E-state index contributed by atoms with van der Waals surface area (Å²) in [5.41, 5.74) is 1.16. The van der Waals surface area contributed by atoms with Crippen molar-refractivity contribution in [1.82, 2.24) is 0 Å². The van der Waals surface area contributed by atoms with Gasteiger partial charge in [0.25, 0.3) is 0 Å². The smallest absolute Gasteiger partial charge is 0.0809 e. The highest BCUT2D eigenvalue weighted by molar-refractivity contribution is 7.89. The molecule has 0 heterocycles. The zero-order valence-electron chi connectivity index (χ0n) is 13.1.